The number of benzene rings is 4. The third-order valence-electron chi connectivity index (χ3n) is 7.22. The van der Waals surface area contributed by atoms with Crippen molar-refractivity contribution in [2.24, 2.45) is 5.92 Å². The van der Waals surface area contributed by atoms with Crippen LogP contribution in [0.2, 0.25) is 0 Å². The number of rotatable bonds is 13. The van der Waals surface area contributed by atoms with Crippen molar-refractivity contribution >= 4 is 27.5 Å². The molecule has 10 heteroatoms. The SMILES string of the molecule is Cc1ccc(N(CC(=O)N(Cc2ccc(F)cc2)C(Cc2ccccc2)C(=O)NCC(C)C)S(=O)(=O)c2ccc(F)cc2)cc1. The van der Waals surface area contributed by atoms with Crippen LogP contribution in [0.5, 0.6) is 0 Å². The van der Waals surface area contributed by atoms with Gasteiger partial charge in [0, 0.05) is 19.5 Å². The highest BCUT2D eigenvalue weighted by molar-refractivity contribution is 7.92. The van der Waals surface area contributed by atoms with Crippen LogP contribution >= 0.6 is 0 Å². The summed E-state index contributed by atoms with van der Waals surface area (Å²) in [4.78, 5) is 29.3. The van der Waals surface area contributed by atoms with Crippen molar-refractivity contribution in [3.05, 3.63) is 131 Å². The van der Waals surface area contributed by atoms with Crippen molar-refractivity contribution < 1.29 is 26.8 Å². The van der Waals surface area contributed by atoms with Crippen LogP contribution in [-0.4, -0.2) is 44.3 Å². The van der Waals surface area contributed by atoms with Crippen LogP contribution in [-0.2, 0) is 32.6 Å². The van der Waals surface area contributed by atoms with Crippen molar-refractivity contribution in [1.82, 2.24) is 10.2 Å². The number of carbonyl (C=O) groups is 2. The molecule has 1 unspecified atom stereocenters. The zero-order valence-electron chi connectivity index (χ0n) is 25.5. The molecule has 0 radical (unpaired) electrons. The van der Waals surface area contributed by atoms with Crippen LogP contribution in [0.25, 0.3) is 0 Å². The molecule has 45 heavy (non-hydrogen) atoms. The quantitative estimate of drug-likeness (QED) is 0.199. The minimum Gasteiger partial charge on any atom is -0.354 e. The van der Waals surface area contributed by atoms with E-state index in [4.69, 9.17) is 0 Å². The predicted molar refractivity (Wildman–Crippen MR) is 171 cm³/mol. The van der Waals surface area contributed by atoms with Crippen molar-refractivity contribution in [3.8, 4) is 0 Å². The number of nitrogens with one attached hydrogen (secondary N) is 1. The molecule has 2 amide bonds. The first-order valence-electron chi connectivity index (χ1n) is 14.6. The summed E-state index contributed by atoms with van der Waals surface area (Å²) < 4.78 is 56.4. The van der Waals surface area contributed by atoms with E-state index in [0.717, 1.165) is 39.7 Å². The highest BCUT2D eigenvalue weighted by Crippen LogP contribution is 2.26. The Kier molecular flexibility index (Phi) is 11.1. The summed E-state index contributed by atoms with van der Waals surface area (Å²) in [5, 5.41) is 2.93. The number of halogens is 2. The molecule has 0 fully saturated rings. The molecule has 0 heterocycles. The van der Waals surface area contributed by atoms with Crippen molar-refractivity contribution in [3.63, 3.8) is 0 Å². The summed E-state index contributed by atoms with van der Waals surface area (Å²) in [6.45, 7) is 5.40. The highest BCUT2D eigenvalue weighted by atomic mass is 32.2. The third kappa shape index (κ3) is 8.98. The zero-order valence-corrected chi connectivity index (χ0v) is 26.3. The van der Waals surface area contributed by atoms with E-state index in [1.165, 1.54) is 29.2 Å². The van der Waals surface area contributed by atoms with E-state index in [9.17, 15) is 26.8 Å². The first kappa shape index (κ1) is 33.3. The Morgan fingerprint density at radius 1 is 0.778 bits per heavy atom. The Hall–Kier alpha value is -4.57. The van der Waals surface area contributed by atoms with E-state index in [2.05, 4.69) is 5.32 Å². The minimum atomic E-state index is -4.35. The number of nitrogens with zero attached hydrogens (tertiary/aromatic N) is 2. The van der Waals surface area contributed by atoms with Gasteiger partial charge in [-0.05, 0) is 72.5 Å². The molecule has 1 atom stereocenters. The molecule has 0 spiro atoms. The summed E-state index contributed by atoms with van der Waals surface area (Å²) in [5.74, 6) is -1.96. The maximum absolute atomic E-state index is 14.4. The van der Waals surface area contributed by atoms with Gasteiger partial charge in [0.15, 0.2) is 0 Å². The van der Waals surface area contributed by atoms with E-state index in [1.54, 1.807) is 24.3 Å². The average molecular weight is 634 g/mol. The van der Waals surface area contributed by atoms with Gasteiger partial charge in [0.1, 0.15) is 24.2 Å². The van der Waals surface area contributed by atoms with Gasteiger partial charge in [-0.3, -0.25) is 13.9 Å². The molecule has 0 saturated carbocycles. The second-order valence-corrected chi connectivity index (χ2v) is 13.2. The number of amides is 2. The predicted octanol–water partition coefficient (Wildman–Crippen LogP) is 5.88. The number of sulfonamides is 1. The molecule has 0 aliphatic heterocycles. The molecular weight excluding hydrogens is 596 g/mol. The normalized spacial score (nSPS) is 12.0. The van der Waals surface area contributed by atoms with Crippen LogP contribution < -0.4 is 9.62 Å². The minimum absolute atomic E-state index is 0.0793. The molecule has 0 aliphatic rings. The summed E-state index contributed by atoms with van der Waals surface area (Å²) in [5.41, 5.74) is 2.46. The fourth-order valence-corrected chi connectivity index (χ4v) is 6.15. The van der Waals surface area contributed by atoms with E-state index in [1.807, 2.05) is 51.1 Å². The number of hydrogen-bond donors (Lipinski definition) is 1. The Morgan fingerprint density at radius 3 is 1.93 bits per heavy atom. The van der Waals surface area contributed by atoms with E-state index in [0.29, 0.717) is 12.1 Å². The first-order valence-corrected chi connectivity index (χ1v) is 16.1. The van der Waals surface area contributed by atoms with Gasteiger partial charge in [0.25, 0.3) is 10.0 Å². The maximum atomic E-state index is 14.4. The monoisotopic (exact) mass is 633 g/mol. The van der Waals surface area contributed by atoms with Gasteiger partial charge in [-0.1, -0.05) is 74.0 Å². The van der Waals surface area contributed by atoms with Gasteiger partial charge in [0.05, 0.1) is 10.6 Å². The number of anilines is 1. The lowest BCUT2D eigenvalue weighted by atomic mass is 10.0. The van der Waals surface area contributed by atoms with Crippen LogP contribution in [0.3, 0.4) is 0 Å². The van der Waals surface area contributed by atoms with Crippen LogP contribution in [0.1, 0.15) is 30.5 Å². The fourth-order valence-electron chi connectivity index (χ4n) is 4.74. The van der Waals surface area contributed by atoms with Crippen molar-refractivity contribution in [1.29, 1.82) is 0 Å². The smallest absolute Gasteiger partial charge is 0.264 e. The summed E-state index contributed by atoms with van der Waals surface area (Å²) in [6, 6.07) is 24.8. The summed E-state index contributed by atoms with van der Waals surface area (Å²) >= 11 is 0. The second-order valence-electron chi connectivity index (χ2n) is 11.3. The molecule has 1 N–H and O–H groups in total. The number of hydrogen-bond acceptors (Lipinski definition) is 4. The number of carbonyl (C=O) groups excluding carboxylic acids is 2. The Morgan fingerprint density at radius 2 is 1.36 bits per heavy atom. The summed E-state index contributed by atoms with van der Waals surface area (Å²) in [7, 11) is -4.35. The zero-order chi connectivity index (χ0) is 32.6. The lowest BCUT2D eigenvalue weighted by Gasteiger charge is -2.34. The highest BCUT2D eigenvalue weighted by Gasteiger charge is 2.34. The molecule has 0 aromatic heterocycles. The molecule has 0 saturated heterocycles. The van der Waals surface area contributed by atoms with E-state index in [-0.39, 0.29) is 29.5 Å². The molecular formula is C35H37F2N3O4S. The first-order chi connectivity index (χ1) is 21.4. The van der Waals surface area contributed by atoms with Crippen molar-refractivity contribution in [2.75, 3.05) is 17.4 Å². The molecule has 4 rings (SSSR count). The topological polar surface area (TPSA) is 86.8 Å². The van der Waals surface area contributed by atoms with Gasteiger partial charge in [0.2, 0.25) is 11.8 Å². The molecule has 236 valence electrons. The van der Waals surface area contributed by atoms with Gasteiger partial charge in [-0.15, -0.1) is 0 Å². The lowest BCUT2D eigenvalue weighted by molar-refractivity contribution is -0.140. The maximum Gasteiger partial charge on any atom is 0.264 e. The van der Waals surface area contributed by atoms with Gasteiger partial charge >= 0.3 is 0 Å². The Labute approximate surface area is 263 Å². The van der Waals surface area contributed by atoms with Crippen LogP contribution in [0.15, 0.2) is 108 Å². The summed E-state index contributed by atoms with van der Waals surface area (Å²) in [6.07, 6.45) is 0.160. The van der Waals surface area contributed by atoms with E-state index < -0.39 is 46.1 Å². The Bertz CT molecular complexity index is 1680. The average Bonchev–Trinajstić information content (AvgIpc) is 3.02. The van der Waals surface area contributed by atoms with Crippen LogP contribution in [0.4, 0.5) is 14.5 Å². The molecule has 4 aromatic rings. The lowest BCUT2D eigenvalue weighted by Crippen LogP contribution is -2.53. The van der Waals surface area contributed by atoms with Crippen molar-refractivity contribution in [2.45, 2.75) is 44.7 Å². The molecule has 0 aliphatic carbocycles. The standard InChI is InChI=1S/C35H37F2N3O4S/c1-25(2)22-38-35(42)33(21-27-7-5-4-6-8-27)39(23-28-11-13-29(36)14-12-28)34(41)24-40(31-17-9-26(3)10-18-31)45(43,44)32-19-15-30(37)16-20-32/h4-20,25,33H,21-24H2,1-3H3,(H,38,42). The molecule has 0 bridgehead atoms. The Balaban J connectivity index is 1.79. The molecule has 7 nitrogen and oxygen atoms in total. The van der Waals surface area contributed by atoms with E-state index >= 15 is 0 Å². The second kappa shape index (κ2) is 14.9. The van der Waals surface area contributed by atoms with Gasteiger partial charge in [-0.25, -0.2) is 17.2 Å². The van der Waals surface area contributed by atoms with Gasteiger partial charge in [-0.2, -0.15) is 0 Å². The number of aryl methyl sites for hydroxylation is 1. The molecule has 4 aromatic carbocycles. The largest absolute Gasteiger partial charge is 0.354 e. The van der Waals surface area contributed by atoms with Crippen LogP contribution in [0, 0.1) is 24.5 Å². The van der Waals surface area contributed by atoms with Gasteiger partial charge < -0.3 is 10.2 Å². The third-order valence-corrected chi connectivity index (χ3v) is 9.01. The fraction of sp³-hybridized carbons (Fsp3) is 0.257.